The Balaban J connectivity index is 1.06. The molecule has 0 spiro atoms. The van der Waals surface area contributed by atoms with Crippen LogP contribution >= 0.6 is 23.2 Å². The van der Waals surface area contributed by atoms with Crippen LogP contribution in [0.25, 0.3) is 16.7 Å². The summed E-state index contributed by atoms with van der Waals surface area (Å²) in [5.41, 5.74) is 19.0. The van der Waals surface area contributed by atoms with Crippen LogP contribution in [0.4, 0.5) is 22.7 Å². The third-order valence-electron chi connectivity index (χ3n) is 15.0. The number of nitrogens with one attached hydrogen (secondary N) is 3. The number of fused-ring (bicyclic) bond motifs is 9. The third-order valence-corrected chi connectivity index (χ3v) is 16.3. The second kappa shape index (κ2) is 17.7. The Hall–Kier alpha value is -8.37. The highest BCUT2D eigenvalue weighted by molar-refractivity contribution is 6.41. The minimum absolute atomic E-state index is 0.212. The molecule has 0 radical (unpaired) electrons. The zero-order chi connectivity index (χ0) is 50.3. The Morgan fingerprint density at radius 1 is 0.554 bits per heavy atom. The summed E-state index contributed by atoms with van der Waals surface area (Å²) in [6, 6.07) is 50.8. The third kappa shape index (κ3) is 7.57. The van der Waals surface area contributed by atoms with Gasteiger partial charge in [0.05, 0.1) is 17.1 Å². The van der Waals surface area contributed by atoms with Crippen LogP contribution in [0.15, 0.2) is 227 Å². The van der Waals surface area contributed by atoms with Crippen molar-refractivity contribution in [2.24, 2.45) is 9.98 Å². The van der Waals surface area contributed by atoms with E-state index in [0.717, 1.165) is 79.0 Å². The molecule has 2 atom stereocenters. The second-order valence-electron chi connectivity index (χ2n) is 19.7. The van der Waals surface area contributed by atoms with Crippen molar-refractivity contribution in [3.63, 3.8) is 0 Å². The smallest absolute Gasteiger partial charge is 0.255 e. The van der Waals surface area contributed by atoms with Gasteiger partial charge in [0.2, 0.25) is 0 Å². The summed E-state index contributed by atoms with van der Waals surface area (Å²) in [5, 5.41) is 4.86. The quantitative estimate of drug-likeness (QED) is 0.114. The van der Waals surface area contributed by atoms with Gasteiger partial charge >= 0.3 is 0 Å². The summed E-state index contributed by atoms with van der Waals surface area (Å²) in [6.45, 7) is 0. The standard InChI is InChI=1S/C63H50Cl2N8O/c1-71-36-43(33-40-15-7-10-18-54(40)71)58-48-25-26-50(67-48)59(44-34-41-16-8-11-19-55(41)72(2)37-44)52-29-30-57(69-52)63(65,46-21-23-47(24-22-46)66-61(74)39-13-5-4-6-14-39)62(64)32-31-53(70-62)60(51-28-27-49(58)68-51)45-35-42-17-9-12-20-56(42)73(3)38-45/h4-32,36-38,68-69H,33-35H2,1-3H3,(H,66,74). The highest BCUT2D eigenvalue weighted by Crippen LogP contribution is 2.54. The molecule has 0 fully saturated rings. The molecular formula is C63H50Cl2N8O. The zero-order valence-electron chi connectivity index (χ0n) is 41.0. The molecule has 2 unspecified atom stereocenters. The number of para-hydroxylation sites is 3. The van der Waals surface area contributed by atoms with Crippen LogP contribution in [0.2, 0.25) is 0 Å². The van der Waals surface area contributed by atoms with Gasteiger partial charge in [0.25, 0.3) is 5.91 Å². The minimum atomic E-state index is -1.56. The summed E-state index contributed by atoms with van der Waals surface area (Å²) in [4.78, 5) is 35.9. The van der Waals surface area contributed by atoms with Gasteiger partial charge in [0.15, 0.2) is 9.87 Å². The molecule has 11 heteroatoms. The number of benzene rings is 5. The number of carbonyl (C=O) groups excluding carboxylic acids is 1. The largest absolute Gasteiger partial charge is 0.356 e. The number of carbonyl (C=O) groups is 1. The lowest BCUT2D eigenvalue weighted by Gasteiger charge is -2.37. The predicted molar refractivity (Wildman–Crippen MR) is 304 cm³/mol. The van der Waals surface area contributed by atoms with E-state index in [0.29, 0.717) is 41.1 Å². The number of H-pyrrole nitrogens is 2. The van der Waals surface area contributed by atoms with E-state index >= 15 is 0 Å². The molecule has 2 aromatic heterocycles. The van der Waals surface area contributed by atoms with Crippen LogP contribution in [-0.2, 0) is 24.1 Å². The van der Waals surface area contributed by atoms with Crippen LogP contribution in [0, 0.1) is 0 Å². The Kier molecular flexibility index (Phi) is 10.9. The van der Waals surface area contributed by atoms with E-state index in [2.05, 4.69) is 173 Å². The molecule has 6 aliphatic rings. The monoisotopic (exact) mass is 1000 g/mol. The first-order valence-electron chi connectivity index (χ1n) is 24.9. The van der Waals surface area contributed by atoms with Gasteiger partial charge in [0, 0.05) is 126 Å². The first-order chi connectivity index (χ1) is 36.0. The van der Waals surface area contributed by atoms with Gasteiger partial charge in [-0.3, -0.25) is 9.79 Å². The van der Waals surface area contributed by atoms with Gasteiger partial charge in [0.1, 0.15) is 0 Å². The number of hydrogen-bond acceptors (Lipinski definition) is 6. The highest BCUT2D eigenvalue weighted by Gasteiger charge is 2.54. The maximum Gasteiger partial charge on any atom is 0.255 e. The average molecular weight is 1010 g/mol. The van der Waals surface area contributed by atoms with Crippen molar-refractivity contribution >= 4 is 80.0 Å². The molecule has 7 aromatic rings. The second-order valence-corrected chi connectivity index (χ2v) is 20.8. The van der Waals surface area contributed by atoms with E-state index < -0.39 is 9.87 Å². The van der Waals surface area contributed by atoms with Gasteiger partial charge < -0.3 is 30.0 Å². The fraction of sp³-hybridized carbons (Fsp3) is 0.127. The van der Waals surface area contributed by atoms with Gasteiger partial charge in [-0.05, 0) is 130 Å². The molecule has 8 heterocycles. The summed E-state index contributed by atoms with van der Waals surface area (Å²) in [5.74, 6) is -0.212. The number of rotatable bonds is 6. The van der Waals surface area contributed by atoms with Gasteiger partial charge in [-0.1, -0.05) is 96.5 Å². The maximum absolute atomic E-state index is 13.3. The van der Waals surface area contributed by atoms with Crippen molar-refractivity contribution in [2.75, 3.05) is 41.2 Å². The summed E-state index contributed by atoms with van der Waals surface area (Å²) < 4.78 is 0. The number of amides is 1. The van der Waals surface area contributed by atoms with Crippen LogP contribution in [-0.4, -0.2) is 53.4 Å². The van der Waals surface area contributed by atoms with E-state index in [-0.39, 0.29) is 5.91 Å². The molecule has 1 amide bonds. The molecule has 0 saturated carbocycles. The normalized spacial score (nSPS) is 20.6. The van der Waals surface area contributed by atoms with Crippen molar-refractivity contribution in [2.45, 2.75) is 29.1 Å². The molecule has 8 bridgehead atoms. The number of nitrogens with zero attached hydrogens (tertiary/aromatic N) is 5. The van der Waals surface area contributed by atoms with Crippen molar-refractivity contribution in [3.8, 4) is 0 Å². The molecule has 0 saturated heterocycles. The van der Waals surface area contributed by atoms with E-state index in [9.17, 15) is 4.79 Å². The number of allylic oxidation sites excluding steroid dienone is 7. The Bertz CT molecular complexity index is 3900. The molecular weight excluding hydrogens is 956 g/mol. The van der Waals surface area contributed by atoms with Crippen molar-refractivity contribution < 1.29 is 4.79 Å². The van der Waals surface area contributed by atoms with Crippen molar-refractivity contribution in [1.82, 2.24) is 9.97 Å². The first-order valence-corrected chi connectivity index (χ1v) is 25.6. The summed E-state index contributed by atoms with van der Waals surface area (Å²) in [7, 11) is 6.30. The van der Waals surface area contributed by atoms with Crippen molar-refractivity contribution in [1.29, 1.82) is 0 Å². The van der Waals surface area contributed by atoms with E-state index in [4.69, 9.17) is 33.2 Å². The Morgan fingerprint density at radius 3 is 1.66 bits per heavy atom. The van der Waals surface area contributed by atoms with Gasteiger partial charge in [-0.25, -0.2) is 4.99 Å². The lowest BCUT2D eigenvalue weighted by molar-refractivity contribution is 0.102. The fourth-order valence-corrected chi connectivity index (χ4v) is 12.2. The van der Waals surface area contributed by atoms with E-state index in [1.807, 2.05) is 60.7 Å². The zero-order valence-corrected chi connectivity index (χ0v) is 42.5. The first kappa shape index (κ1) is 45.5. The van der Waals surface area contributed by atoms with Crippen LogP contribution < -0.4 is 30.7 Å². The molecule has 362 valence electrons. The van der Waals surface area contributed by atoms with Crippen LogP contribution in [0.3, 0.4) is 0 Å². The number of hydrogen-bond donors (Lipinski definition) is 3. The predicted octanol–water partition coefficient (Wildman–Crippen LogP) is 11.5. The number of anilines is 4. The molecule has 5 aromatic carbocycles. The van der Waals surface area contributed by atoms with E-state index in [1.165, 1.54) is 22.4 Å². The molecule has 0 aliphatic carbocycles. The fourth-order valence-electron chi connectivity index (χ4n) is 11.5. The molecule has 74 heavy (non-hydrogen) atoms. The minimum Gasteiger partial charge on any atom is -0.356 e. The Morgan fingerprint density at radius 2 is 1.08 bits per heavy atom. The number of aromatic nitrogens is 2. The van der Waals surface area contributed by atoms with E-state index in [1.54, 1.807) is 12.1 Å². The van der Waals surface area contributed by atoms with Gasteiger partial charge in [-0.15, -0.1) is 11.6 Å². The number of alkyl halides is 2. The SMILES string of the molecule is CN1C=C(C2=C3C=CC(=N3)C(C3=CN(C)c4ccccc4C3)=c3ccc([nH]3)=C(C3=CN(C)c4ccccc4C3)C3=NC(Cl)(C=C3)C(Cl)(c3ccc(NC(=O)c4ccccc4)cc3)c3ccc2[nH]3)Cc2ccccc21. The molecule has 3 N–H and O–H groups in total. The topological polar surface area (TPSA) is 95.1 Å². The summed E-state index contributed by atoms with van der Waals surface area (Å²) in [6.07, 6.45) is 17.0. The van der Waals surface area contributed by atoms with Crippen molar-refractivity contribution in [3.05, 3.63) is 267 Å². The molecule has 13 rings (SSSR count). The van der Waals surface area contributed by atoms with Crippen LogP contribution in [0.5, 0.6) is 0 Å². The number of aliphatic imine (C=N–C) groups is 2. The maximum atomic E-state index is 13.3. The lowest BCUT2D eigenvalue weighted by Crippen LogP contribution is -2.41. The number of aromatic amines is 2. The molecule has 6 aliphatic heterocycles. The van der Waals surface area contributed by atoms with Crippen LogP contribution in [0.1, 0.15) is 44.0 Å². The summed E-state index contributed by atoms with van der Waals surface area (Å²) >= 11 is 16.5. The number of halogens is 2. The van der Waals surface area contributed by atoms with Gasteiger partial charge in [-0.2, -0.15) is 0 Å². The lowest BCUT2D eigenvalue weighted by atomic mass is 9.87. The highest BCUT2D eigenvalue weighted by atomic mass is 35.5. The molecule has 9 nitrogen and oxygen atoms in total. The average Bonchev–Trinajstić information content (AvgIpc) is 4.27. The Labute approximate surface area is 439 Å².